The molecule has 2 fully saturated rings. The highest BCUT2D eigenvalue weighted by Gasteiger charge is 2.45. The Kier molecular flexibility index (Phi) is 4.23. The Morgan fingerprint density at radius 1 is 1.24 bits per heavy atom. The van der Waals surface area contributed by atoms with Gasteiger partial charge in [0.05, 0.1) is 5.41 Å². The highest BCUT2D eigenvalue weighted by Crippen LogP contribution is 2.43. The van der Waals surface area contributed by atoms with Crippen LogP contribution in [0.5, 0.6) is 0 Å². The zero-order valence-electron chi connectivity index (χ0n) is 12.4. The van der Waals surface area contributed by atoms with Crippen molar-refractivity contribution in [1.29, 1.82) is 0 Å². The first-order chi connectivity index (χ1) is 10.1. The number of carbonyl (C=O) groups is 1. The Balaban J connectivity index is 1.88. The first kappa shape index (κ1) is 14.9. The van der Waals surface area contributed by atoms with Crippen LogP contribution in [0.3, 0.4) is 0 Å². The fourth-order valence-electron chi connectivity index (χ4n) is 3.80. The molecule has 1 amide bonds. The SMILES string of the molecule is NC1CCN(C(=O)C2(c3cccc(Cl)c3)CCCC2)CC1. The van der Waals surface area contributed by atoms with Gasteiger partial charge in [0.1, 0.15) is 0 Å². The number of nitrogens with two attached hydrogens (primary N) is 1. The summed E-state index contributed by atoms with van der Waals surface area (Å²) in [7, 11) is 0. The van der Waals surface area contributed by atoms with E-state index >= 15 is 0 Å². The predicted octanol–water partition coefficient (Wildman–Crippen LogP) is 3.10. The fraction of sp³-hybridized carbons (Fsp3) is 0.588. The van der Waals surface area contributed by atoms with Crippen LogP contribution in [-0.2, 0) is 10.2 Å². The van der Waals surface area contributed by atoms with Gasteiger partial charge in [-0.05, 0) is 43.4 Å². The average Bonchev–Trinajstić information content (AvgIpc) is 2.98. The van der Waals surface area contributed by atoms with Gasteiger partial charge in [-0.3, -0.25) is 4.79 Å². The molecule has 21 heavy (non-hydrogen) atoms. The van der Waals surface area contributed by atoms with Crippen LogP contribution < -0.4 is 5.73 Å². The summed E-state index contributed by atoms with van der Waals surface area (Å²) >= 11 is 6.15. The zero-order valence-corrected chi connectivity index (χ0v) is 13.1. The number of nitrogens with zero attached hydrogens (tertiary/aromatic N) is 1. The van der Waals surface area contributed by atoms with E-state index in [1.165, 1.54) is 0 Å². The lowest BCUT2D eigenvalue weighted by molar-refractivity contribution is -0.138. The molecule has 1 aromatic carbocycles. The highest BCUT2D eigenvalue weighted by atomic mass is 35.5. The fourth-order valence-corrected chi connectivity index (χ4v) is 3.99. The van der Waals surface area contributed by atoms with Crippen molar-refractivity contribution in [2.45, 2.75) is 50.0 Å². The monoisotopic (exact) mass is 306 g/mol. The number of hydrogen-bond donors (Lipinski definition) is 1. The van der Waals surface area contributed by atoms with Crippen LogP contribution in [0.25, 0.3) is 0 Å². The van der Waals surface area contributed by atoms with Crippen molar-refractivity contribution in [2.24, 2.45) is 5.73 Å². The summed E-state index contributed by atoms with van der Waals surface area (Å²) in [5, 5.41) is 0.715. The first-order valence-electron chi connectivity index (χ1n) is 7.93. The molecule has 0 atom stereocenters. The standard InChI is InChI=1S/C17H23ClN2O/c18-14-5-3-4-13(12-14)17(8-1-2-9-17)16(21)20-10-6-15(19)7-11-20/h3-5,12,15H,1-2,6-11,19H2. The number of likely N-dealkylation sites (tertiary alicyclic amines) is 1. The van der Waals surface area contributed by atoms with Crippen molar-refractivity contribution < 1.29 is 4.79 Å². The molecule has 1 heterocycles. The maximum absolute atomic E-state index is 13.2. The first-order valence-corrected chi connectivity index (χ1v) is 8.31. The second kappa shape index (κ2) is 5.98. The van der Waals surface area contributed by atoms with Crippen LogP contribution in [-0.4, -0.2) is 29.9 Å². The molecule has 0 radical (unpaired) electrons. The summed E-state index contributed by atoms with van der Waals surface area (Å²) in [6.45, 7) is 1.59. The number of benzene rings is 1. The molecule has 1 saturated heterocycles. The third kappa shape index (κ3) is 2.82. The summed E-state index contributed by atoms with van der Waals surface area (Å²) in [5.74, 6) is 0.286. The minimum absolute atomic E-state index is 0.250. The topological polar surface area (TPSA) is 46.3 Å². The lowest BCUT2D eigenvalue weighted by Crippen LogP contribution is -2.50. The number of amides is 1. The summed E-state index contributed by atoms with van der Waals surface area (Å²) in [5.41, 5.74) is 6.69. The van der Waals surface area contributed by atoms with Gasteiger partial charge in [0, 0.05) is 24.2 Å². The maximum Gasteiger partial charge on any atom is 0.233 e. The van der Waals surface area contributed by atoms with Crippen LogP contribution in [0, 0.1) is 0 Å². The largest absolute Gasteiger partial charge is 0.342 e. The molecule has 3 nitrogen and oxygen atoms in total. The number of halogens is 1. The van der Waals surface area contributed by atoms with Gasteiger partial charge in [-0.15, -0.1) is 0 Å². The van der Waals surface area contributed by atoms with E-state index in [0.29, 0.717) is 5.02 Å². The van der Waals surface area contributed by atoms with Crippen molar-refractivity contribution in [3.8, 4) is 0 Å². The highest BCUT2D eigenvalue weighted by molar-refractivity contribution is 6.30. The van der Waals surface area contributed by atoms with Crippen molar-refractivity contribution in [1.82, 2.24) is 4.90 Å². The van der Waals surface area contributed by atoms with Crippen LogP contribution in [0.1, 0.15) is 44.1 Å². The molecular weight excluding hydrogens is 284 g/mol. The molecule has 1 aliphatic carbocycles. The lowest BCUT2D eigenvalue weighted by Gasteiger charge is -2.38. The van der Waals surface area contributed by atoms with Gasteiger partial charge >= 0.3 is 0 Å². The van der Waals surface area contributed by atoms with Crippen molar-refractivity contribution in [3.63, 3.8) is 0 Å². The molecule has 0 spiro atoms. The number of hydrogen-bond acceptors (Lipinski definition) is 2. The number of carbonyl (C=O) groups excluding carboxylic acids is 1. The van der Waals surface area contributed by atoms with Crippen LogP contribution >= 0.6 is 11.6 Å². The van der Waals surface area contributed by atoms with Crippen molar-refractivity contribution in [2.75, 3.05) is 13.1 Å². The van der Waals surface area contributed by atoms with Gasteiger partial charge in [0.15, 0.2) is 0 Å². The molecule has 1 saturated carbocycles. The van der Waals surface area contributed by atoms with Crippen LogP contribution in [0.2, 0.25) is 5.02 Å². The Morgan fingerprint density at radius 3 is 2.52 bits per heavy atom. The number of rotatable bonds is 2. The molecule has 0 bridgehead atoms. The normalized spacial score (nSPS) is 22.5. The van der Waals surface area contributed by atoms with Gasteiger partial charge in [-0.1, -0.05) is 36.6 Å². The lowest BCUT2D eigenvalue weighted by atomic mass is 9.77. The van der Waals surface area contributed by atoms with Crippen molar-refractivity contribution in [3.05, 3.63) is 34.9 Å². The third-order valence-corrected chi connectivity index (χ3v) is 5.31. The molecule has 4 heteroatoms. The molecule has 1 aliphatic heterocycles. The summed E-state index contributed by atoms with van der Waals surface area (Å²) in [6.07, 6.45) is 5.94. The van der Waals surface area contributed by atoms with Crippen molar-refractivity contribution >= 4 is 17.5 Å². The smallest absolute Gasteiger partial charge is 0.233 e. The maximum atomic E-state index is 13.2. The van der Waals surface area contributed by atoms with Crippen LogP contribution in [0.15, 0.2) is 24.3 Å². The van der Waals surface area contributed by atoms with E-state index in [1.807, 2.05) is 23.1 Å². The molecule has 0 unspecified atom stereocenters. The van der Waals surface area contributed by atoms with E-state index in [-0.39, 0.29) is 17.4 Å². The summed E-state index contributed by atoms with van der Waals surface area (Å²) < 4.78 is 0. The summed E-state index contributed by atoms with van der Waals surface area (Å²) in [6, 6.07) is 8.11. The quantitative estimate of drug-likeness (QED) is 0.912. The predicted molar refractivity (Wildman–Crippen MR) is 85.4 cm³/mol. The van der Waals surface area contributed by atoms with E-state index in [0.717, 1.165) is 57.2 Å². The van der Waals surface area contributed by atoms with Crippen LogP contribution in [0.4, 0.5) is 0 Å². The molecule has 0 aromatic heterocycles. The Labute approximate surface area is 131 Å². The van der Waals surface area contributed by atoms with E-state index in [2.05, 4.69) is 6.07 Å². The van der Waals surface area contributed by atoms with Gasteiger partial charge in [-0.2, -0.15) is 0 Å². The molecule has 2 N–H and O–H groups in total. The molecule has 3 rings (SSSR count). The molecular formula is C17H23ClN2O. The molecule has 114 valence electrons. The minimum atomic E-state index is -0.355. The molecule has 1 aromatic rings. The summed E-state index contributed by atoms with van der Waals surface area (Å²) in [4.78, 5) is 15.2. The van der Waals surface area contributed by atoms with E-state index in [4.69, 9.17) is 17.3 Å². The Bertz CT molecular complexity index is 517. The minimum Gasteiger partial charge on any atom is -0.342 e. The third-order valence-electron chi connectivity index (χ3n) is 5.07. The molecule has 2 aliphatic rings. The van der Waals surface area contributed by atoms with Gasteiger partial charge in [0.2, 0.25) is 5.91 Å². The van der Waals surface area contributed by atoms with Gasteiger partial charge in [-0.25, -0.2) is 0 Å². The average molecular weight is 307 g/mol. The second-order valence-corrected chi connectivity index (χ2v) is 6.87. The Morgan fingerprint density at radius 2 is 1.90 bits per heavy atom. The number of piperidine rings is 1. The van der Waals surface area contributed by atoms with Gasteiger partial charge < -0.3 is 10.6 Å². The second-order valence-electron chi connectivity index (χ2n) is 6.43. The van der Waals surface area contributed by atoms with E-state index in [1.54, 1.807) is 0 Å². The van der Waals surface area contributed by atoms with E-state index < -0.39 is 0 Å². The Hall–Kier alpha value is -1.06. The van der Waals surface area contributed by atoms with E-state index in [9.17, 15) is 4.79 Å². The van der Waals surface area contributed by atoms with Gasteiger partial charge in [0.25, 0.3) is 0 Å². The zero-order chi connectivity index (χ0) is 14.9.